The Labute approximate surface area is 191 Å². The maximum Gasteiger partial charge on any atom is 0.290 e. The van der Waals surface area contributed by atoms with Gasteiger partial charge < -0.3 is 20.2 Å². The molecular formula is C25H27FN2O5. The minimum absolute atomic E-state index is 0.0508. The first-order valence-electron chi connectivity index (χ1n) is 10.8. The Hall–Kier alpha value is -3.68. The summed E-state index contributed by atoms with van der Waals surface area (Å²) >= 11 is 0. The van der Waals surface area contributed by atoms with E-state index in [0.29, 0.717) is 24.0 Å². The molecule has 33 heavy (non-hydrogen) atoms. The standard InChI is InChI=1S/C24H25FN2O3.CH2O2/c1-15-12-19-13-17(8-11-22(19)30-15)24(29)27-20-9-6-16(7-10-20)23(28)26-14-18-4-2-3-5-21(18)25;2-1-3/h2-5,8,11-13,16,20H,6-7,9-10,14H2,1H3,(H,26,28)(H,27,29);1H,(H,2,3). The van der Waals surface area contributed by atoms with Gasteiger partial charge in [0.25, 0.3) is 12.4 Å². The van der Waals surface area contributed by atoms with Crippen LogP contribution >= 0.6 is 0 Å². The van der Waals surface area contributed by atoms with E-state index in [1.165, 1.54) is 6.07 Å². The van der Waals surface area contributed by atoms with Crippen molar-refractivity contribution in [1.82, 2.24) is 10.6 Å². The molecule has 0 radical (unpaired) electrons. The molecule has 1 aliphatic rings. The Bertz CT molecular complexity index is 1120. The van der Waals surface area contributed by atoms with Crippen molar-refractivity contribution in [3.63, 3.8) is 0 Å². The molecule has 7 nitrogen and oxygen atoms in total. The first kappa shape index (κ1) is 24.0. The third-order valence-corrected chi connectivity index (χ3v) is 5.75. The summed E-state index contributed by atoms with van der Waals surface area (Å²) in [6.07, 6.45) is 2.90. The van der Waals surface area contributed by atoms with E-state index in [0.717, 1.165) is 29.6 Å². The van der Waals surface area contributed by atoms with Crippen LogP contribution in [0.2, 0.25) is 0 Å². The molecule has 1 aliphatic carbocycles. The molecule has 0 spiro atoms. The normalized spacial score (nSPS) is 17.5. The lowest BCUT2D eigenvalue weighted by Crippen LogP contribution is -2.40. The Kier molecular flexibility index (Phi) is 8.18. The molecule has 0 bridgehead atoms. The highest BCUT2D eigenvalue weighted by atomic mass is 19.1. The molecule has 4 rings (SSSR count). The van der Waals surface area contributed by atoms with Crippen molar-refractivity contribution in [1.29, 1.82) is 0 Å². The van der Waals surface area contributed by atoms with Gasteiger partial charge in [0, 0.05) is 35.0 Å². The average molecular weight is 454 g/mol. The summed E-state index contributed by atoms with van der Waals surface area (Å²) in [6.45, 7) is 1.82. The fourth-order valence-corrected chi connectivity index (χ4v) is 4.05. The van der Waals surface area contributed by atoms with Gasteiger partial charge in [-0.25, -0.2) is 4.39 Å². The second kappa shape index (κ2) is 11.3. The second-order valence-electron chi connectivity index (χ2n) is 8.05. The zero-order chi connectivity index (χ0) is 23.8. The predicted octanol–water partition coefficient (Wildman–Crippen LogP) is 4.19. The van der Waals surface area contributed by atoms with E-state index in [-0.39, 0.29) is 42.6 Å². The van der Waals surface area contributed by atoms with Gasteiger partial charge in [0.15, 0.2) is 0 Å². The van der Waals surface area contributed by atoms with Gasteiger partial charge in [-0.05, 0) is 62.9 Å². The second-order valence-corrected chi connectivity index (χ2v) is 8.05. The molecule has 3 N–H and O–H groups in total. The summed E-state index contributed by atoms with van der Waals surface area (Å²) in [5.74, 6) is 0.240. The van der Waals surface area contributed by atoms with Crippen molar-refractivity contribution in [2.45, 2.75) is 45.2 Å². The van der Waals surface area contributed by atoms with E-state index in [9.17, 15) is 14.0 Å². The van der Waals surface area contributed by atoms with Gasteiger partial charge in [-0.2, -0.15) is 0 Å². The van der Waals surface area contributed by atoms with Crippen LogP contribution in [0.5, 0.6) is 0 Å². The number of hydrogen-bond donors (Lipinski definition) is 3. The molecule has 174 valence electrons. The van der Waals surface area contributed by atoms with E-state index in [4.69, 9.17) is 14.3 Å². The highest BCUT2D eigenvalue weighted by molar-refractivity contribution is 5.98. The Morgan fingerprint density at radius 1 is 1.12 bits per heavy atom. The van der Waals surface area contributed by atoms with Crippen molar-refractivity contribution in [2.75, 3.05) is 0 Å². The number of carbonyl (C=O) groups is 3. The third-order valence-electron chi connectivity index (χ3n) is 5.75. The molecule has 1 aromatic heterocycles. The van der Waals surface area contributed by atoms with Crippen LogP contribution < -0.4 is 10.6 Å². The van der Waals surface area contributed by atoms with Crippen molar-refractivity contribution in [3.8, 4) is 0 Å². The van der Waals surface area contributed by atoms with Crippen LogP contribution in [0.3, 0.4) is 0 Å². The molecule has 1 fully saturated rings. The fourth-order valence-electron chi connectivity index (χ4n) is 4.05. The molecular weight excluding hydrogens is 427 g/mol. The van der Waals surface area contributed by atoms with Crippen LogP contribution in [0.15, 0.2) is 52.9 Å². The fraction of sp³-hybridized carbons (Fsp3) is 0.320. The van der Waals surface area contributed by atoms with Gasteiger partial charge >= 0.3 is 0 Å². The maximum absolute atomic E-state index is 13.7. The summed E-state index contributed by atoms with van der Waals surface area (Å²) in [4.78, 5) is 33.4. The maximum atomic E-state index is 13.7. The number of amides is 2. The summed E-state index contributed by atoms with van der Waals surface area (Å²) in [5.41, 5.74) is 1.86. The number of benzene rings is 2. The summed E-state index contributed by atoms with van der Waals surface area (Å²) in [7, 11) is 0. The number of carbonyl (C=O) groups excluding carboxylic acids is 2. The quantitative estimate of drug-likeness (QED) is 0.501. The van der Waals surface area contributed by atoms with Crippen LogP contribution in [0, 0.1) is 18.7 Å². The molecule has 0 atom stereocenters. The summed E-state index contributed by atoms with van der Waals surface area (Å²) in [5, 5.41) is 13.7. The van der Waals surface area contributed by atoms with Gasteiger partial charge in [0.05, 0.1) is 0 Å². The highest BCUT2D eigenvalue weighted by Crippen LogP contribution is 2.25. The van der Waals surface area contributed by atoms with E-state index in [1.54, 1.807) is 24.3 Å². The predicted molar refractivity (Wildman–Crippen MR) is 121 cm³/mol. The molecule has 0 unspecified atom stereocenters. The molecule has 2 amide bonds. The zero-order valence-corrected chi connectivity index (χ0v) is 18.3. The van der Waals surface area contributed by atoms with Crippen LogP contribution in [-0.2, 0) is 16.1 Å². The third kappa shape index (κ3) is 6.41. The number of fused-ring (bicyclic) bond motifs is 1. The van der Waals surface area contributed by atoms with Crippen LogP contribution in [0.1, 0.15) is 47.4 Å². The lowest BCUT2D eigenvalue weighted by atomic mass is 9.85. The molecule has 1 heterocycles. The minimum Gasteiger partial charge on any atom is -0.483 e. The van der Waals surface area contributed by atoms with E-state index in [1.807, 2.05) is 25.1 Å². The van der Waals surface area contributed by atoms with Crippen molar-refractivity contribution < 1.29 is 28.3 Å². The first-order chi connectivity index (χ1) is 15.9. The van der Waals surface area contributed by atoms with Gasteiger partial charge in [-0.15, -0.1) is 0 Å². The van der Waals surface area contributed by atoms with Gasteiger partial charge in [0.1, 0.15) is 17.2 Å². The Morgan fingerprint density at radius 2 is 1.82 bits per heavy atom. The smallest absolute Gasteiger partial charge is 0.290 e. The molecule has 3 aromatic rings. The SMILES string of the molecule is Cc1cc2cc(C(=O)NC3CCC(C(=O)NCc4ccccc4F)CC3)ccc2o1.O=CO. The number of carboxylic acid groups (broad SMARTS) is 1. The van der Waals surface area contributed by atoms with Gasteiger partial charge in [0.2, 0.25) is 5.91 Å². The van der Waals surface area contributed by atoms with E-state index >= 15 is 0 Å². The van der Waals surface area contributed by atoms with Gasteiger partial charge in [-0.3, -0.25) is 14.4 Å². The zero-order valence-electron chi connectivity index (χ0n) is 18.3. The number of halogens is 1. The number of aryl methyl sites for hydroxylation is 1. The molecule has 0 aliphatic heterocycles. The highest BCUT2D eigenvalue weighted by Gasteiger charge is 2.27. The minimum atomic E-state index is -0.312. The topological polar surface area (TPSA) is 109 Å². The van der Waals surface area contributed by atoms with Crippen LogP contribution in [0.4, 0.5) is 4.39 Å². The molecule has 2 aromatic carbocycles. The van der Waals surface area contributed by atoms with Crippen molar-refractivity contribution in [2.24, 2.45) is 5.92 Å². The lowest BCUT2D eigenvalue weighted by molar-refractivity contribution is -0.126. The van der Waals surface area contributed by atoms with E-state index < -0.39 is 0 Å². The largest absolute Gasteiger partial charge is 0.483 e. The molecule has 1 saturated carbocycles. The number of hydrogen-bond acceptors (Lipinski definition) is 4. The number of rotatable bonds is 5. The monoisotopic (exact) mass is 454 g/mol. The Morgan fingerprint density at radius 3 is 2.52 bits per heavy atom. The van der Waals surface area contributed by atoms with Crippen molar-refractivity contribution in [3.05, 3.63) is 71.2 Å². The van der Waals surface area contributed by atoms with Crippen LogP contribution in [-0.4, -0.2) is 29.4 Å². The lowest BCUT2D eigenvalue weighted by Gasteiger charge is -2.28. The Balaban J connectivity index is 0.000000968. The van der Waals surface area contributed by atoms with E-state index in [2.05, 4.69) is 10.6 Å². The average Bonchev–Trinajstić information content (AvgIpc) is 3.18. The first-order valence-corrected chi connectivity index (χ1v) is 10.8. The molecule has 0 saturated heterocycles. The van der Waals surface area contributed by atoms with Gasteiger partial charge in [-0.1, -0.05) is 18.2 Å². The molecule has 8 heteroatoms. The summed E-state index contributed by atoms with van der Waals surface area (Å²) < 4.78 is 19.2. The number of nitrogens with one attached hydrogen (secondary N) is 2. The van der Waals surface area contributed by atoms with Crippen molar-refractivity contribution >= 4 is 29.3 Å². The summed E-state index contributed by atoms with van der Waals surface area (Å²) in [6, 6.07) is 13.8. The van der Waals surface area contributed by atoms with Crippen LogP contribution in [0.25, 0.3) is 11.0 Å². The number of furan rings is 1.